The lowest BCUT2D eigenvalue weighted by Gasteiger charge is -2.03. The number of aromatic nitrogens is 1. The van der Waals surface area contributed by atoms with Crippen LogP contribution in [0.25, 0.3) is 11.3 Å². The Morgan fingerprint density at radius 1 is 1.10 bits per heavy atom. The molecule has 0 saturated carbocycles. The van der Waals surface area contributed by atoms with Crippen LogP contribution in [0.15, 0.2) is 75.6 Å². The standard InChI is InChI=1S/C22H16N2O4S2/c25-21(20-15(8-9-26-20)11-29-16-4-2-1-3-5-16)24-22-23-17(12-30-22)14-6-7-18-19(10-14)28-13-27-18/h1-10,12H,11,13H2,(H,23,24,25). The fourth-order valence-electron chi connectivity index (χ4n) is 3.00. The Balaban J connectivity index is 1.27. The second-order valence-corrected chi connectivity index (χ2v) is 8.34. The Labute approximate surface area is 180 Å². The predicted molar refractivity (Wildman–Crippen MR) is 116 cm³/mol. The van der Waals surface area contributed by atoms with Crippen molar-refractivity contribution in [3.63, 3.8) is 0 Å². The number of hydrogen-bond acceptors (Lipinski definition) is 7. The van der Waals surface area contributed by atoms with Crippen LogP contribution in [0.1, 0.15) is 16.1 Å². The summed E-state index contributed by atoms with van der Waals surface area (Å²) in [6.45, 7) is 0.227. The average Bonchev–Trinajstić information content (AvgIpc) is 3.52. The minimum absolute atomic E-state index is 0.227. The molecule has 2 aromatic carbocycles. The van der Waals surface area contributed by atoms with Crippen LogP contribution >= 0.6 is 23.1 Å². The predicted octanol–water partition coefficient (Wildman–Crippen LogP) is 5.68. The summed E-state index contributed by atoms with van der Waals surface area (Å²) in [5.41, 5.74) is 2.50. The van der Waals surface area contributed by atoms with Gasteiger partial charge in [-0.2, -0.15) is 0 Å². The highest BCUT2D eigenvalue weighted by molar-refractivity contribution is 7.98. The van der Waals surface area contributed by atoms with Crippen molar-refractivity contribution < 1.29 is 18.7 Å². The third-order valence-electron chi connectivity index (χ3n) is 4.48. The number of thiazole rings is 1. The van der Waals surface area contributed by atoms with Gasteiger partial charge in [0.25, 0.3) is 5.91 Å². The fraction of sp³-hybridized carbons (Fsp3) is 0.0909. The number of hydrogen-bond donors (Lipinski definition) is 1. The zero-order chi connectivity index (χ0) is 20.3. The molecule has 1 aliphatic heterocycles. The molecule has 4 aromatic rings. The highest BCUT2D eigenvalue weighted by atomic mass is 32.2. The molecule has 0 aliphatic carbocycles. The summed E-state index contributed by atoms with van der Waals surface area (Å²) in [4.78, 5) is 18.4. The van der Waals surface area contributed by atoms with E-state index < -0.39 is 0 Å². The molecule has 0 fully saturated rings. The summed E-state index contributed by atoms with van der Waals surface area (Å²) < 4.78 is 16.2. The van der Waals surface area contributed by atoms with Crippen LogP contribution < -0.4 is 14.8 Å². The lowest BCUT2D eigenvalue weighted by molar-refractivity contribution is 0.0995. The number of amides is 1. The molecule has 30 heavy (non-hydrogen) atoms. The van der Waals surface area contributed by atoms with Gasteiger partial charge in [0, 0.05) is 27.2 Å². The fourth-order valence-corrected chi connectivity index (χ4v) is 4.61. The first kappa shape index (κ1) is 18.8. The minimum atomic E-state index is -0.310. The Morgan fingerprint density at radius 2 is 1.97 bits per heavy atom. The topological polar surface area (TPSA) is 73.6 Å². The van der Waals surface area contributed by atoms with E-state index in [9.17, 15) is 4.79 Å². The number of furan rings is 1. The number of nitrogens with zero attached hydrogens (tertiary/aromatic N) is 1. The smallest absolute Gasteiger partial charge is 0.293 e. The van der Waals surface area contributed by atoms with E-state index in [0.717, 1.165) is 27.5 Å². The third-order valence-corrected chi connectivity index (χ3v) is 6.30. The van der Waals surface area contributed by atoms with Gasteiger partial charge in [-0.05, 0) is 36.4 Å². The number of benzene rings is 2. The van der Waals surface area contributed by atoms with Crippen LogP contribution in [0.3, 0.4) is 0 Å². The number of ether oxygens (including phenoxy) is 2. The normalized spacial score (nSPS) is 12.1. The molecule has 8 heteroatoms. The quantitative estimate of drug-likeness (QED) is 0.392. The van der Waals surface area contributed by atoms with Crippen molar-refractivity contribution in [1.29, 1.82) is 0 Å². The lowest BCUT2D eigenvalue weighted by Crippen LogP contribution is -2.12. The molecule has 0 radical (unpaired) electrons. The van der Waals surface area contributed by atoms with Gasteiger partial charge < -0.3 is 13.9 Å². The Bertz CT molecular complexity index is 1190. The largest absolute Gasteiger partial charge is 0.459 e. The van der Waals surface area contributed by atoms with Gasteiger partial charge in [0.1, 0.15) is 0 Å². The van der Waals surface area contributed by atoms with Crippen molar-refractivity contribution in [3.8, 4) is 22.8 Å². The second kappa shape index (κ2) is 8.25. The second-order valence-electron chi connectivity index (χ2n) is 6.44. The number of thioether (sulfide) groups is 1. The summed E-state index contributed by atoms with van der Waals surface area (Å²) in [5, 5.41) is 5.23. The van der Waals surface area contributed by atoms with Gasteiger partial charge in [-0.15, -0.1) is 23.1 Å². The summed E-state index contributed by atoms with van der Waals surface area (Å²) in [6, 6.07) is 17.5. The zero-order valence-corrected chi connectivity index (χ0v) is 17.3. The molecular formula is C22H16N2O4S2. The van der Waals surface area contributed by atoms with E-state index in [1.165, 1.54) is 17.6 Å². The van der Waals surface area contributed by atoms with Crippen LogP contribution in [0.5, 0.6) is 11.5 Å². The van der Waals surface area contributed by atoms with E-state index in [4.69, 9.17) is 13.9 Å². The number of nitrogens with one attached hydrogen (secondary N) is 1. The van der Waals surface area contributed by atoms with Crippen molar-refractivity contribution >= 4 is 34.1 Å². The SMILES string of the molecule is O=C(Nc1nc(-c2ccc3c(c2)OCO3)cs1)c1occc1CSc1ccccc1. The number of anilines is 1. The lowest BCUT2D eigenvalue weighted by atomic mass is 10.1. The maximum atomic E-state index is 12.7. The maximum absolute atomic E-state index is 12.7. The highest BCUT2D eigenvalue weighted by Gasteiger charge is 2.19. The van der Waals surface area contributed by atoms with Crippen molar-refractivity contribution in [2.45, 2.75) is 10.6 Å². The van der Waals surface area contributed by atoms with Crippen molar-refractivity contribution in [2.75, 3.05) is 12.1 Å². The highest BCUT2D eigenvalue weighted by Crippen LogP contribution is 2.36. The molecular weight excluding hydrogens is 420 g/mol. The summed E-state index contributed by atoms with van der Waals surface area (Å²) in [6.07, 6.45) is 1.54. The molecule has 0 saturated heterocycles. The van der Waals surface area contributed by atoms with Crippen LogP contribution in [0.4, 0.5) is 5.13 Å². The summed E-state index contributed by atoms with van der Waals surface area (Å²) in [5.74, 6) is 2.06. The first-order chi connectivity index (χ1) is 14.8. The molecule has 6 nitrogen and oxygen atoms in total. The van der Waals surface area contributed by atoms with Crippen LogP contribution in [0, 0.1) is 0 Å². The van der Waals surface area contributed by atoms with Gasteiger partial charge in [0.05, 0.1) is 12.0 Å². The van der Waals surface area contributed by atoms with Gasteiger partial charge in [-0.25, -0.2) is 4.98 Å². The zero-order valence-electron chi connectivity index (χ0n) is 15.7. The first-order valence-corrected chi connectivity index (χ1v) is 11.0. The number of rotatable bonds is 6. The van der Waals surface area contributed by atoms with E-state index in [0.29, 0.717) is 22.4 Å². The monoisotopic (exact) mass is 436 g/mol. The van der Waals surface area contributed by atoms with Gasteiger partial charge >= 0.3 is 0 Å². The van der Waals surface area contributed by atoms with Crippen LogP contribution in [-0.4, -0.2) is 17.7 Å². The number of carbonyl (C=O) groups is 1. The molecule has 1 amide bonds. The molecule has 0 bridgehead atoms. The average molecular weight is 437 g/mol. The molecule has 1 aliphatic rings. The van der Waals surface area contributed by atoms with E-state index >= 15 is 0 Å². The molecule has 5 rings (SSSR count). The summed E-state index contributed by atoms with van der Waals surface area (Å²) in [7, 11) is 0. The third kappa shape index (κ3) is 3.92. The van der Waals surface area contributed by atoms with Crippen molar-refractivity contribution in [1.82, 2.24) is 4.98 Å². The molecule has 0 atom stereocenters. The maximum Gasteiger partial charge on any atom is 0.293 e. The van der Waals surface area contributed by atoms with E-state index in [1.54, 1.807) is 11.8 Å². The molecule has 0 unspecified atom stereocenters. The molecule has 1 N–H and O–H groups in total. The van der Waals surface area contributed by atoms with Gasteiger partial charge in [0.15, 0.2) is 22.4 Å². The summed E-state index contributed by atoms with van der Waals surface area (Å²) >= 11 is 3.01. The molecule has 2 aromatic heterocycles. The Morgan fingerprint density at radius 3 is 2.87 bits per heavy atom. The van der Waals surface area contributed by atoms with Crippen molar-refractivity contribution in [2.24, 2.45) is 0 Å². The van der Waals surface area contributed by atoms with E-state index in [2.05, 4.69) is 10.3 Å². The Kier molecular flexibility index (Phi) is 5.17. The van der Waals surface area contributed by atoms with Gasteiger partial charge in [-0.1, -0.05) is 18.2 Å². The van der Waals surface area contributed by atoms with Gasteiger partial charge in [0.2, 0.25) is 6.79 Å². The molecule has 0 spiro atoms. The first-order valence-electron chi connectivity index (χ1n) is 9.17. The Hall–Kier alpha value is -3.23. The van der Waals surface area contributed by atoms with Crippen molar-refractivity contribution in [3.05, 3.63) is 77.6 Å². The minimum Gasteiger partial charge on any atom is -0.459 e. The molecule has 150 valence electrons. The van der Waals surface area contributed by atoms with Gasteiger partial charge in [-0.3, -0.25) is 10.1 Å². The molecule has 3 heterocycles. The van der Waals surface area contributed by atoms with Crippen LogP contribution in [-0.2, 0) is 5.75 Å². The number of carbonyl (C=O) groups excluding carboxylic acids is 1. The van der Waals surface area contributed by atoms with E-state index in [-0.39, 0.29) is 12.7 Å². The van der Waals surface area contributed by atoms with Crippen LogP contribution in [0.2, 0.25) is 0 Å². The van der Waals surface area contributed by atoms with E-state index in [1.807, 2.05) is 60.0 Å². The number of fused-ring (bicyclic) bond motifs is 1.